The molecule has 1 fully saturated rings. The van der Waals surface area contributed by atoms with Crippen LogP contribution in [0.15, 0.2) is 0 Å². The van der Waals surface area contributed by atoms with Crippen molar-refractivity contribution in [3.63, 3.8) is 0 Å². The van der Waals surface area contributed by atoms with Gasteiger partial charge in [0.1, 0.15) is 0 Å². The number of hydrogen-bond acceptors (Lipinski definition) is 3. The van der Waals surface area contributed by atoms with Crippen molar-refractivity contribution >= 4 is 0 Å². The Hall–Kier alpha value is -0.120. The molecule has 3 heteroatoms. The first kappa shape index (κ1) is 17.9. The van der Waals surface area contributed by atoms with Crippen LogP contribution in [0, 0.1) is 0 Å². The smallest absolute Gasteiger partial charge is 0.0666 e. The maximum Gasteiger partial charge on any atom is 0.0666 e. The van der Waals surface area contributed by atoms with Crippen LogP contribution in [0.3, 0.4) is 0 Å². The highest BCUT2D eigenvalue weighted by Gasteiger charge is 2.31. The maximum atomic E-state index is 5.92. The predicted octanol–water partition coefficient (Wildman–Crippen LogP) is 3.43. The summed E-state index contributed by atoms with van der Waals surface area (Å²) >= 11 is 0. The van der Waals surface area contributed by atoms with Crippen LogP contribution in [0.25, 0.3) is 0 Å². The van der Waals surface area contributed by atoms with E-state index in [0.29, 0.717) is 12.1 Å². The van der Waals surface area contributed by atoms with Crippen molar-refractivity contribution in [2.24, 2.45) is 0 Å². The standard InChI is InChI=1S/C17H36N2O/c1-6-17(5)14-16(11-13-20-17)18-15(4)10-9-12-19(7-2)8-3/h15-16,18H,6-14H2,1-5H3. The minimum Gasteiger partial charge on any atom is -0.375 e. The first-order valence-corrected chi connectivity index (χ1v) is 8.65. The lowest BCUT2D eigenvalue weighted by molar-refractivity contribution is -0.0790. The summed E-state index contributed by atoms with van der Waals surface area (Å²) in [7, 11) is 0. The fourth-order valence-corrected chi connectivity index (χ4v) is 3.17. The molecular formula is C17H36N2O. The second kappa shape index (κ2) is 9.01. The molecule has 0 bridgehead atoms. The van der Waals surface area contributed by atoms with Crippen molar-refractivity contribution in [1.82, 2.24) is 10.2 Å². The van der Waals surface area contributed by atoms with Crippen LogP contribution in [-0.4, -0.2) is 48.8 Å². The van der Waals surface area contributed by atoms with E-state index in [1.54, 1.807) is 0 Å². The van der Waals surface area contributed by atoms with E-state index in [4.69, 9.17) is 4.74 Å². The van der Waals surface area contributed by atoms with Crippen LogP contribution in [0.1, 0.15) is 66.7 Å². The molecule has 1 aliphatic heterocycles. The van der Waals surface area contributed by atoms with Gasteiger partial charge in [0, 0.05) is 18.7 Å². The van der Waals surface area contributed by atoms with E-state index in [1.165, 1.54) is 32.5 Å². The van der Waals surface area contributed by atoms with Crippen molar-refractivity contribution in [2.45, 2.75) is 84.4 Å². The zero-order valence-electron chi connectivity index (χ0n) is 14.4. The van der Waals surface area contributed by atoms with Gasteiger partial charge in [0.2, 0.25) is 0 Å². The van der Waals surface area contributed by atoms with Gasteiger partial charge in [-0.1, -0.05) is 20.8 Å². The Labute approximate surface area is 126 Å². The van der Waals surface area contributed by atoms with E-state index in [0.717, 1.165) is 25.9 Å². The molecule has 0 spiro atoms. The Bertz CT molecular complexity index is 255. The minimum atomic E-state index is 0.0941. The third-order valence-electron chi connectivity index (χ3n) is 4.87. The third kappa shape index (κ3) is 6.11. The SMILES string of the molecule is CCN(CC)CCCC(C)NC1CCOC(C)(CC)C1. The maximum absolute atomic E-state index is 5.92. The lowest BCUT2D eigenvalue weighted by atomic mass is 9.89. The Balaban J connectivity index is 2.23. The topological polar surface area (TPSA) is 24.5 Å². The van der Waals surface area contributed by atoms with Gasteiger partial charge in [-0.2, -0.15) is 0 Å². The number of rotatable bonds is 9. The van der Waals surface area contributed by atoms with Crippen LogP contribution in [0.4, 0.5) is 0 Å². The number of ether oxygens (including phenoxy) is 1. The molecule has 1 rings (SSSR count). The van der Waals surface area contributed by atoms with Crippen LogP contribution in [0.5, 0.6) is 0 Å². The second-order valence-electron chi connectivity index (χ2n) is 6.58. The molecule has 3 atom stereocenters. The second-order valence-corrected chi connectivity index (χ2v) is 6.58. The van der Waals surface area contributed by atoms with E-state index in [2.05, 4.69) is 44.8 Å². The summed E-state index contributed by atoms with van der Waals surface area (Å²) in [6.07, 6.45) is 6.00. The lowest BCUT2D eigenvalue weighted by Gasteiger charge is -2.39. The molecule has 0 radical (unpaired) electrons. The molecule has 1 heterocycles. The Kier molecular flexibility index (Phi) is 8.08. The average Bonchev–Trinajstić information content (AvgIpc) is 2.44. The monoisotopic (exact) mass is 284 g/mol. The van der Waals surface area contributed by atoms with Crippen LogP contribution >= 0.6 is 0 Å². The van der Waals surface area contributed by atoms with Gasteiger partial charge in [0.05, 0.1) is 5.60 Å². The van der Waals surface area contributed by atoms with Gasteiger partial charge < -0.3 is 15.0 Å². The molecule has 20 heavy (non-hydrogen) atoms. The highest BCUT2D eigenvalue weighted by atomic mass is 16.5. The molecule has 0 aromatic rings. The Morgan fingerprint density at radius 2 is 2.00 bits per heavy atom. The van der Waals surface area contributed by atoms with E-state index in [9.17, 15) is 0 Å². The van der Waals surface area contributed by atoms with Gasteiger partial charge in [0.15, 0.2) is 0 Å². The predicted molar refractivity (Wildman–Crippen MR) is 87.3 cm³/mol. The molecule has 3 nitrogen and oxygen atoms in total. The van der Waals surface area contributed by atoms with Crippen molar-refractivity contribution < 1.29 is 4.74 Å². The third-order valence-corrected chi connectivity index (χ3v) is 4.87. The number of nitrogens with zero attached hydrogens (tertiary/aromatic N) is 1. The lowest BCUT2D eigenvalue weighted by Crippen LogP contribution is -2.47. The van der Waals surface area contributed by atoms with Gasteiger partial charge in [0.25, 0.3) is 0 Å². The summed E-state index contributed by atoms with van der Waals surface area (Å²) in [5.41, 5.74) is 0.0941. The molecule has 3 unspecified atom stereocenters. The number of hydrogen-bond donors (Lipinski definition) is 1. The van der Waals surface area contributed by atoms with E-state index >= 15 is 0 Å². The highest BCUT2D eigenvalue weighted by Crippen LogP contribution is 2.28. The average molecular weight is 284 g/mol. The zero-order chi connectivity index (χ0) is 15.0. The summed E-state index contributed by atoms with van der Waals surface area (Å²) in [5, 5.41) is 3.82. The van der Waals surface area contributed by atoms with Gasteiger partial charge in [-0.05, 0) is 65.6 Å². The van der Waals surface area contributed by atoms with Gasteiger partial charge >= 0.3 is 0 Å². The minimum absolute atomic E-state index is 0.0941. The zero-order valence-corrected chi connectivity index (χ0v) is 14.4. The molecule has 1 saturated heterocycles. The van der Waals surface area contributed by atoms with Gasteiger partial charge in [-0.3, -0.25) is 0 Å². The molecule has 0 aromatic carbocycles. The summed E-state index contributed by atoms with van der Waals surface area (Å²) in [6.45, 7) is 15.8. The summed E-state index contributed by atoms with van der Waals surface area (Å²) in [4.78, 5) is 2.51. The normalized spacial score (nSPS) is 28.8. The van der Waals surface area contributed by atoms with E-state index in [-0.39, 0.29) is 5.60 Å². The van der Waals surface area contributed by atoms with Crippen molar-refractivity contribution in [3.05, 3.63) is 0 Å². The fraction of sp³-hybridized carbons (Fsp3) is 1.00. The van der Waals surface area contributed by atoms with Gasteiger partial charge in [-0.15, -0.1) is 0 Å². The first-order valence-electron chi connectivity index (χ1n) is 8.65. The summed E-state index contributed by atoms with van der Waals surface area (Å²) in [5.74, 6) is 0. The largest absolute Gasteiger partial charge is 0.375 e. The van der Waals surface area contributed by atoms with E-state index in [1.807, 2.05) is 0 Å². The highest BCUT2D eigenvalue weighted by molar-refractivity contribution is 4.86. The van der Waals surface area contributed by atoms with Crippen molar-refractivity contribution in [1.29, 1.82) is 0 Å². The van der Waals surface area contributed by atoms with Gasteiger partial charge in [-0.25, -0.2) is 0 Å². The number of nitrogens with one attached hydrogen (secondary N) is 1. The molecule has 120 valence electrons. The fourth-order valence-electron chi connectivity index (χ4n) is 3.17. The first-order chi connectivity index (χ1) is 9.53. The molecule has 0 aromatic heterocycles. The molecule has 0 aliphatic carbocycles. The van der Waals surface area contributed by atoms with Crippen LogP contribution < -0.4 is 5.32 Å². The summed E-state index contributed by atoms with van der Waals surface area (Å²) < 4.78 is 5.92. The van der Waals surface area contributed by atoms with Crippen molar-refractivity contribution in [3.8, 4) is 0 Å². The molecule has 0 saturated carbocycles. The quantitative estimate of drug-likeness (QED) is 0.702. The van der Waals surface area contributed by atoms with Crippen LogP contribution in [-0.2, 0) is 4.74 Å². The molecule has 0 amide bonds. The molecule has 1 N–H and O–H groups in total. The molecular weight excluding hydrogens is 248 g/mol. The molecule has 1 aliphatic rings. The van der Waals surface area contributed by atoms with Crippen molar-refractivity contribution in [2.75, 3.05) is 26.2 Å². The van der Waals surface area contributed by atoms with Crippen LogP contribution in [0.2, 0.25) is 0 Å². The van der Waals surface area contributed by atoms with E-state index < -0.39 is 0 Å². The Morgan fingerprint density at radius 1 is 1.30 bits per heavy atom. The Morgan fingerprint density at radius 3 is 2.60 bits per heavy atom. The summed E-state index contributed by atoms with van der Waals surface area (Å²) in [6, 6.07) is 1.26.